The average Bonchev–Trinajstić information content (AvgIpc) is 3.37. The summed E-state index contributed by atoms with van der Waals surface area (Å²) >= 11 is 0. The van der Waals surface area contributed by atoms with E-state index in [1.807, 2.05) is 24.4 Å². The molecule has 0 aliphatic carbocycles. The van der Waals surface area contributed by atoms with E-state index in [1.54, 1.807) is 12.4 Å². The first kappa shape index (κ1) is 21.3. The molecule has 2 N–H and O–H groups in total. The van der Waals surface area contributed by atoms with Gasteiger partial charge in [0.25, 0.3) is 0 Å². The standard InChI is InChI=1S/C22H32N8O/c31-22(27-18-19-5-6-20(26-17-19)29-11-1-2-12-29)25-9-4-10-28-13-15-30(16-14-28)21-23-7-3-8-24-21/h3,5-8,17H,1-2,4,9-16,18H2,(H2,25,27,31). The topological polar surface area (TPSA) is 89.5 Å². The van der Waals surface area contributed by atoms with Crippen LogP contribution >= 0.6 is 0 Å². The van der Waals surface area contributed by atoms with Gasteiger partial charge in [-0.2, -0.15) is 0 Å². The van der Waals surface area contributed by atoms with Crippen LogP contribution in [0.4, 0.5) is 16.6 Å². The summed E-state index contributed by atoms with van der Waals surface area (Å²) < 4.78 is 0. The van der Waals surface area contributed by atoms with Gasteiger partial charge in [0.05, 0.1) is 0 Å². The maximum absolute atomic E-state index is 12.1. The Labute approximate surface area is 183 Å². The maximum Gasteiger partial charge on any atom is 0.315 e. The summed E-state index contributed by atoms with van der Waals surface area (Å²) in [6.45, 7) is 8.16. The minimum absolute atomic E-state index is 0.130. The summed E-state index contributed by atoms with van der Waals surface area (Å²) in [5.41, 5.74) is 1.01. The summed E-state index contributed by atoms with van der Waals surface area (Å²) in [6, 6.07) is 5.80. The third-order valence-electron chi connectivity index (χ3n) is 5.84. The van der Waals surface area contributed by atoms with Crippen LogP contribution < -0.4 is 20.4 Å². The minimum Gasteiger partial charge on any atom is -0.357 e. The number of carbonyl (C=O) groups excluding carboxylic acids is 1. The number of carbonyl (C=O) groups is 1. The number of hydrogen-bond acceptors (Lipinski definition) is 7. The molecule has 9 heteroatoms. The highest BCUT2D eigenvalue weighted by Gasteiger charge is 2.18. The molecule has 2 aliphatic rings. The lowest BCUT2D eigenvalue weighted by atomic mass is 10.3. The second-order valence-corrected chi connectivity index (χ2v) is 8.06. The zero-order valence-corrected chi connectivity index (χ0v) is 18.0. The first-order valence-electron chi connectivity index (χ1n) is 11.2. The predicted octanol–water partition coefficient (Wildman–Crippen LogP) is 1.48. The molecule has 0 radical (unpaired) electrons. The molecule has 2 fully saturated rings. The van der Waals surface area contributed by atoms with Gasteiger partial charge in [0.2, 0.25) is 5.95 Å². The molecule has 2 aromatic rings. The van der Waals surface area contributed by atoms with Crippen molar-refractivity contribution in [2.75, 3.05) is 62.2 Å². The molecule has 0 aromatic carbocycles. The molecule has 2 saturated heterocycles. The predicted molar refractivity (Wildman–Crippen MR) is 121 cm³/mol. The number of aromatic nitrogens is 3. The zero-order chi connectivity index (χ0) is 21.3. The van der Waals surface area contributed by atoms with Crippen molar-refractivity contribution < 1.29 is 4.79 Å². The van der Waals surface area contributed by atoms with E-state index in [-0.39, 0.29) is 6.03 Å². The number of amides is 2. The fraction of sp³-hybridized carbons (Fsp3) is 0.545. The van der Waals surface area contributed by atoms with Crippen molar-refractivity contribution in [3.63, 3.8) is 0 Å². The quantitative estimate of drug-likeness (QED) is 0.621. The van der Waals surface area contributed by atoms with Crippen LogP contribution in [0, 0.1) is 0 Å². The van der Waals surface area contributed by atoms with Gasteiger partial charge in [0.15, 0.2) is 0 Å². The SMILES string of the molecule is O=C(NCCCN1CCN(c2ncccn2)CC1)NCc1ccc(N2CCCC2)nc1. The Hall–Kier alpha value is -2.94. The second kappa shape index (κ2) is 10.9. The Morgan fingerprint density at radius 1 is 0.903 bits per heavy atom. The van der Waals surface area contributed by atoms with Crippen LogP contribution in [0.25, 0.3) is 0 Å². The number of pyridine rings is 1. The van der Waals surface area contributed by atoms with Gasteiger partial charge in [-0.25, -0.2) is 19.7 Å². The molecule has 2 aliphatic heterocycles. The lowest BCUT2D eigenvalue weighted by Gasteiger charge is -2.34. The van der Waals surface area contributed by atoms with Crippen molar-refractivity contribution >= 4 is 17.8 Å². The highest BCUT2D eigenvalue weighted by atomic mass is 16.2. The summed E-state index contributed by atoms with van der Waals surface area (Å²) in [6.07, 6.45) is 8.83. The van der Waals surface area contributed by atoms with E-state index >= 15 is 0 Å². The molecule has 9 nitrogen and oxygen atoms in total. The smallest absolute Gasteiger partial charge is 0.315 e. The normalized spacial score (nSPS) is 17.0. The number of piperazine rings is 1. The van der Waals surface area contributed by atoms with Gasteiger partial charge in [-0.3, -0.25) is 4.90 Å². The van der Waals surface area contributed by atoms with Crippen LogP contribution in [0.2, 0.25) is 0 Å². The van der Waals surface area contributed by atoms with E-state index in [2.05, 4.69) is 40.3 Å². The van der Waals surface area contributed by atoms with Crippen LogP contribution in [0.3, 0.4) is 0 Å². The first-order chi connectivity index (χ1) is 15.3. The molecule has 0 bridgehead atoms. The van der Waals surface area contributed by atoms with E-state index in [4.69, 9.17) is 0 Å². The van der Waals surface area contributed by atoms with E-state index < -0.39 is 0 Å². The van der Waals surface area contributed by atoms with Gasteiger partial charge in [-0.1, -0.05) is 6.07 Å². The number of rotatable bonds is 8. The Balaban J connectivity index is 1.07. The molecule has 0 saturated carbocycles. The van der Waals surface area contributed by atoms with Crippen molar-refractivity contribution in [3.05, 3.63) is 42.4 Å². The summed E-state index contributed by atoms with van der Waals surface area (Å²) in [5, 5.41) is 5.86. The molecular weight excluding hydrogens is 392 g/mol. The molecule has 0 spiro atoms. The average molecular weight is 425 g/mol. The number of urea groups is 1. The van der Waals surface area contributed by atoms with E-state index in [1.165, 1.54) is 12.8 Å². The van der Waals surface area contributed by atoms with Crippen LogP contribution in [0.15, 0.2) is 36.8 Å². The van der Waals surface area contributed by atoms with E-state index in [0.29, 0.717) is 13.1 Å². The highest BCUT2D eigenvalue weighted by Crippen LogP contribution is 2.17. The summed E-state index contributed by atoms with van der Waals surface area (Å²) in [4.78, 5) is 32.2. The zero-order valence-electron chi connectivity index (χ0n) is 18.0. The lowest BCUT2D eigenvalue weighted by molar-refractivity contribution is 0.235. The van der Waals surface area contributed by atoms with Crippen molar-refractivity contribution in [1.82, 2.24) is 30.5 Å². The van der Waals surface area contributed by atoms with Gasteiger partial charge in [0.1, 0.15) is 5.82 Å². The fourth-order valence-electron chi connectivity index (χ4n) is 4.03. The number of anilines is 2. The fourth-order valence-corrected chi connectivity index (χ4v) is 4.03. The Morgan fingerprint density at radius 2 is 1.68 bits per heavy atom. The minimum atomic E-state index is -0.130. The molecule has 4 heterocycles. The van der Waals surface area contributed by atoms with Gasteiger partial charge in [0, 0.05) is 70.9 Å². The van der Waals surface area contributed by atoms with Crippen molar-refractivity contribution in [3.8, 4) is 0 Å². The number of hydrogen-bond donors (Lipinski definition) is 2. The van der Waals surface area contributed by atoms with E-state index in [9.17, 15) is 4.79 Å². The van der Waals surface area contributed by atoms with Gasteiger partial charge < -0.3 is 20.4 Å². The van der Waals surface area contributed by atoms with Gasteiger partial charge in [-0.15, -0.1) is 0 Å². The van der Waals surface area contributed by atoms with Crippen molar-refractivity contribution in [1.29, 1.82) is 0 Å². The third kappa shape index (κ3) is 6.27. The van der Waals surface area contributed by atoms with Crippen LogP contribution in [-0.4, -0.2) is 78.2 Å². The molecule has 0 atom stereocenters. The van der Waals surface area contributed by atoms with Crippen LogP contribution in [0.5, 0.6) is 0 Å². The highest BCUT2D eigenvalue weighted by molar-refractivity contribution is 5.73. The molecular formula is C22H32N8O. The van der Waals surface area contributed by atoms with E-state index in [0.717, 1.165) is 69.6 Å². The lowest BCUT2D eigenvalue weighted by Crippen LogP contribution is -2.47. The molecule has 31 heavy (non-hydrogen) atoms. The van der Waals surface area contributed by atoms with Crippen molar-refractivity contribution in [2.45, 2.75) is 25.8 Å². The summed E-state index contributed by atoms with van der Waals surface area (Å²) in [7, 11) is 0. The van der Waals surface area contributed by atoms with Crippen LogP contribution in [-0.2, 0) is 6.54 Å². The molecule has 4 rings (SSSR count). The Morgan fingerprint density at radius 3 is 2.39 bits per heavy atom. The largest absolute Gasteiger partial charge is 0.357 e. The molecule has 2 amide bonds. The number of nitrogens with zero attached hydrogens (tertiary/aromatic N) is 6. The van der Waals surface area contributed by atoms with Gasteiger partial charge >= 0.3 is 6.03 Å². The summed E-state index contributed by atoms with van der Waals surface area (Å²) in [5.74, 6) is 1.84. The second-order valence-electron chi connectivity index (χ2n) is 8.06. The number of nitrogens with one attached hydrogen (secondary N) is 2. The van der Waals surface area contributed by atoms with Gasteiger partial charge in [-0.05, 0) is 43.5 Å². The Kier molecular flexibility index (Phi) is 7.49. The first-order valence-corrected chi connectivity index (χ1v) is 11.2. The molecule has 166 valence electrons. The molecule has 2 aromatic heterocycles. The maximum atomic E-state index is 12.1. The Bertz CT molecular complexity index is 802. The van der Waals surface area contributed by atoms with Crippen molar-refractivity contribution in [2.24, 2.45) is 0 Å². The monoisotopic (exact) mass is 424 g/mol. The van der Waals surface area contributed by atoms with Crippen LogP contribution in [0.1, 0.15) is 24.8 Å². The third-order valence-corrected chi connectivity index (χ3v) is 5.84. The molecule has 0 unspecified atom stereocenters.